The highest BCUT2D eigenvalue weighted by Crippen LogP contribution is 2.24. The molecule has 90 valence electrons. The van der Waals surface area contributed by atoms with Gasteiger partial charge >= 0.3 is 6.18 Å². The van der Waals surface area contributed by atoms with Gasteiger partial charge in [-0.2, -0.15) is 13.2 Å². The Balaban J connectivity index is 2.01. The van der Waals surface area contributed by atoms with E-state index in [0.29, 0.717) is 12.6 Å². The van der Waals surface area contributed by atoms with E-state index in [1.54, 1.807) is 0 Å². The van der Waals surface area contributed by atoms with E-state index in [4.69, 9.17) is 0 Å². The second kappa shape index (κ2) is 5.73. The highest BCUT2D eigenvalue weighted by Gasteiger charge is 2.26. The summed E-state index contributed by atoms with van der Waals surface area (Å²) in [4.78, 5) is 0. The van der Waals surface area contributed by atoms with Crippen LogP contribution in [0.25, 0.3) is 0 Å². The fourth-order valence-electron chi connectivity index (χ4n) is 2.06. The largest absolute Gasteiger partial charge is 0.389 e. The first-order valence-corrected chi connectivity index (χ1v) is 5.77. The summed E-state index contributed by atoms with van der Waals surface area (Å²) < 4.78 is 35.5. The molecule has 0 atom stereocenters. The van der Waals surface area contributed by atoms with Crippen molar-refractivity contribution in [3.8, 4) is 0 Å². The van der Waals surface area contributed by atoms with Crippen molar-refractivity contribution in [2.24, 2.45) is 5.92 Å². The fourth-order valence-corrected chi connectivity index (χ4v) is 2.06. The molecule has 1 saturated carbocycles. The lowest BCUT2D eigenvalue weighted by Gasteiger charge is -2.27. The summed E-state index contributed by atoms with van der Waals surface area (Å²) in [6.07, 6.45) is 0.190. The van der Waals surface area contributed by atoms with Crippen molar-refractivity contribution in [1.82, 2.24) is 5.32 Å². The van der Waals surface area contributed by atoms with Crippen molar-refractivity contribution in [2.45, 2.75) is 57.7 Å². The van der Waals surface area contributed by atoms with Crippen LogP contribution in [0.3, 0.4) is 0 Å². The van der Waals surface area contributed by atoms with E-state index in [9.17, 15) is 13.2 Å². The number of halogens is 3. The van der Waals surface area contributed by atoms with Crippen LogP contribution >= 0.6 is 0 Å². The summed E-state index contributed by atoms with van der Waals surface area (Å²) in [5, 5.41) is 3.21. The second-order valence-electron chi connectivity index (χ2n) is 4.63. The first-order chi connectivity index (χ1) is 6.97. The van der Waals surface area contributed by atoms with E-state index in [-0.39, 0.29) is 6.42 Å². The molecule has 0 radical (unpaired) electrons. The van der Waals surface area contributed by atoms with Gasteiger partial charge in [-0.1, -0.05) is 6.92 Å². The zero-order valence-electron chi connectivity index (χ0n) is 9.24. The van der Waals surface area contributed by atoms with Crippen LogP contribution in [-0.4, -0.2) is 18.8 Å². The average Bonchev–Trinajstić information content (AvgIpc) is 2.14. The third-order valence-electron chi connectivity index (χ3n) is 3.09. The maximum atomic E-state index is 11.8. The van der Waals surface area contributed by atoms with Crippen molar-refractivity contribution in [2.75, 3.05) is 6.54 Å². The molecule has 0 amide bonds. The second-order valence-corrected chi connectivity index (χ2v) is 4.63. The molecule has 0 unspecified atom stereocenters. The van der Waals surface area contributed by atoms with Crippen molar-refractivity contribution < 1.29 is 13.2 Å². The molecule has 0 heterocycles. The summed E-state index contributed by atoms with van der Waals surface area (Å²) >= 11 is 0. The molecular weight excluding hydrogens is 203 g/mol. The monoisotopic (exact) mass is 223 g/mol. The van der Waals surface area contributed by atoms with E-state index < -0.39 is 12.6 Å². The first kappa shape index (κ1) is 12.8. The van der Waals surface area contributed by atoms with E-state index in [1.807, 2.05) is 0 Å². The molecule has 1 fully saturated rings. The maximum absolute atomic E-state index is 11.8. The van der Waals surface area contributed by atoms with Gasteiger partial charge < -0.3 is 5.32 Å². The predicted molar refractivity (Wildman–Crippen MR) is 54.7 cm³/mol. The van der Waals surface area contributed by atoms with Crippen molar-refractivity contribution in [3.63, 3.8) is 0 Å². The van der Waals surface area contributed by atoms with Crippen LogP contribution in [0.4, 0.5) is 13.2 Å². The Hall–Kier alpha value is -0.250. The van der Waals surface area contributed by atoms with Crippen LogP contribution in [0, 0.1) is 5.92 Å². The van der Waals surface area contributed by atoms with Gasteiger partial charge in [0, 0.05) is 12.5 Å². The predicted octanol–water partition coefficient (Wildman–Crippen LogP) is 3.50. The van der Waals surface area contributed by atoms with Gasteiger partial charge in [-0.25, -0.2) is 0 Å². The molecule has 1 nitrogen and oxygen atoms in total. The minimum atomic E-state index is -4.00. The van der Waals surface area contributed by atoms with Crippen molar-refractivity contribution in [1.29, 1.82) is 0 Å². The van der Waals surface area contributed by atoms with E-state index >= 15 is 0 Å². The fraction of sp³-hybridized carbons (Fsp3) is 1.00. The molecular formula is C11H20F3N. The topological polar surface area (TPSA) is 12.0 Å². The molecule has 0 aliphatic heterocycles. The van der Waals surface area contributed by atoms with Gasteiger partial charge in [-0.05, 0) is 44.6 Å². The van der Waals surface area contributed by atoms with Gasteiger partial charge in [0.2, 0.25) is 0 Å². The van der Waals surface area contributed by atoms with Gasteiger partial charge in [-0.3, -0.25) is 0 Å². The van der Waals surface area contributed by atoms with Crippen molar-refractivity contribution in [3.05, 3.63) is 0 Å². The molecule has 15 heavy (non-hydrogen) atoms. The number of nitrogens with one attached hydrogen (secondary N) is 1. The number of hydrogen-bond acceptors (Lipinski definition) is 1. The lowest BCUT2D eigenvalue weighted by atomic mass is 9.87. The average molecular weight is 223 g/mol. The standard InChI is InChI=1S/C11H20F3N/c1-9-3-5-10(6-4-9)15-8-2-7-11(12,13)14/h9-10,15H,2-8H2,1H3. The molecule has 1 rings (SSSR count). The van der Waals surface area contributed by atoms with Crippen LogP contribution in [-0.2, 0) is 0 Å². The lowest BCUT2D eigenvalue weighted by Crippen LogP contribution is -2.33. The maximum Gasteiger partial charge on any atom is 0.389 e. The molecule has 1 aliphatic carbocycles. The Morgan fingerprint density at radius 3 is 2.27 bits per heavy atom. The summed E-state index contributed by atoms with van der Waals surface area (Å²) in [7, 11) is 0. The Morgan fingerprint density at radius 1 is 1.13 bits per heavy atom. The zero-order valence-corrected chi connectivity index (χ0v) is 9.24. The Labute approximate surface area is 89.4 Å². The summed E-state index contributed by atoms with van der Waals surface area (Å²) in [6.45, 7) is 2.73. The molecule has 1 N–H and O–H groups in total. The zero-order chi connectivity index (χ0) is 11.3. The molecule has 0 spiro atoms. The van der Waals surface area contributed by atoms with Crippen LogP contribution in [0.5, 0.6) is 0 Å². The molecule has 0 saturated heterocycles. The minimum Gasteiger partial charge on any atom is -0.314 e. The number of alkyl halides is 3. The van der Waals surface area contributed by atoms with E-state index in [1.165, 1.54) is 12.8 Å². The quantitative estimate of drug-likeness (QED) is 0.719. The highest BCUT2D eigenvalue weighted by atomic mass is 19.4. The number of hydrogen-bond donors (Lipinski definition) is 1. The Morgan fingerprint density at radius 2 is 1.73 bits per heavy atom. The van der Waals surface area contributed by atoms with E-state index in [2.05, 4.69) is 12.2 Å². The minimum absolute atomic E-state index is 0.204. The van der Waals surface area contributed by atoms with Crippen LogP contribution < -0.4 is 5.32 Å². The van der Waals surface area contributed by atoms with Crippen LogP contribution in [0.15, 0.2) is 0 Å². The molecule has 0 bridgehead atoms. The summed E-state index contributed by atoms with van der Waals surface area (Å²) in [5.74, 6) is 0.790. The first-order valence-electron chi connectivity index (χ1n) is 5.77. The summed E-state index contributed by atoms with van der Waals surface area (Å²) in [5.41, 5.74) is 0. The van der Waals surface area contributed by atoms with Gasteiger partial charge in [0.05, 0.1) is 0 Å². The molecule has 0 aromatic rings. The van der Waals surface area contributed by atoms with Gasteiger partial charge in [0.1, 0.15) is 0 Å². The highest BCUT2D eigenvalue weighted by molar-refractivity contribution is 4.75. The summed E-state index contributed by atoms with van der Waals surface area (Å²) in [6, 6.07) is 0.453. The Bertz CT molecular complexity index is 171. The van der Waals surface area contributed by atoms with Gasteiger partial charge in [-0.15, -0.1) is 0 Å². The van der Waals surface area contributed by atoms with Crippen LogP contribution in [0.2, 0.25) is 0 Å². The van der Waals surface area contributed by atoms with Crippen molar-refractivity contribution >= 4 is 0 Å². The van der Waals surface area contributed by atoms with Crippen LogP contribution in [0.1, 0.15) is 45.4 Å². The van der Waals surface area contributed by atoms with E-state index in [0.717, 1.165) is 18.8 Å². The molecule has 0 aromatic carbocycles. The van der Waals surface area contributed by atoms with Gasteiger partial charge in [0.15, 0.2) is 0 Å². The smallest absolute Gasteiger partial charge is 0.314 e. The number of rotatable bonds is 4. The third kappa shape index (κ3) is 6.03. The Kier molecular flexibility index (Phi) is 4.90. The molecule has 0 aromatic heterocycles. The molecule has 4 heteroatoms. The lowest BCUT2D eigenvalue weighted by molar-refractivity contribution is -0.135. The normalized spacial score (nSPS) is 28.0. The molecule has 1 aliphatic rings. The SMILES string of the molecule is CC1CCC(NCCCC(F)(F)F)CC1. The van der Waals surface area contributed by atoms with Gasteiger partial charge in [0.25, 0.3) is 0 Å². The third-order valence-corrected chi connectivity index (χ3v) is 3.09.